The second kappa shape index (κ2) is 4.67. The molecular formula is C13H18BrN. The van der Waals surface area contributed by atoms with E-state index in [-0.39, 0.29) is 0 Å². The Bertz CT molecular complexity index is 360. The maximum Gasteiger partial charge on any atom is 0.0323 e. The maximum atomic E-state index is 3.68. The molecule has 0 radical (unpaired) electrons. The van der Waals surface area contributed by atoms with Gasteiger partial charge in [0.2, 0.25) is 0 Å². The second-order valence-corrected chi connectivity index (χ2v) is 5.21. The van der Waals surface area contributed by atoms with Gasteiger partial charge in [-0.15, -0.1) is 0 Å². The molecule has 2 rings (SSSR count). The molecule has 1 aromatic carbocycles. The molecule has 1 aliphatic heterocycles. The molecule has 1 heterocycles. The van der Waals surface area contributed by atoms with Crippen molar-refractivity contribution in [2.24, 2.45) is 0 Å². The van der Waals surface area contributed by atoms with Crippen LogP contribution in [0.3, 0.4) is 0 Å². The van der Waals surface area contributed by atoms with Crippen LogP contribution in [-0.4, -0.2) is 6.54 Å². The summed E-state index contributed by atoms with van der Waals surface area (Å²) in [5.74, 6) is 0. The Morgan fingerprint density at radius 3 is 3.00 bits per heavy atom. The van der Waals surface area contributed by atoms with Gasteiger partial charge in [-0.05, 0) is 49.1 Å². The van der Waals surface area contributed by atoms with Gasteiger partial charge in [-0.25, -0.2) is 0 Å². The molecule has 82 valence electrons. The first-order valence-electron chi connectivity index (χ1n) is 5.74. The van der Waals surface area contributed by atoms with Gasteiger partial charge in [0.15, 0.2) is 0 Å². The van der Waals surface area contributed by atoms with Gasteiger partial charge in [-0.2, -0.15) is 0 Å². The van der Waals surface area contributed by atoms with Crippen molar-refractivity contribution in [2.75, 3.05) is 6.54 Å². The fraction of sp³-hybridized carbons (Fsp3) is 0.538. The lowest BCUT2D eigenvalue weighted by atomic mass is 9.90. The predicted molar refractivity (Wildman–Crippen MR) is 68.2 cm³/mol. The number of rotatable bonds is 2. The van der Waals surface area contributed by atoms with Gasteiger partial charge in [0.25, 0.3) is 0 Å². The van der Waals surface area contributed by atoms with E-state index in [2.05, 4.69) is 47.2 Å². The summed E-state index contributed by atoms with van der Waals surface area (Å²) in [5.41, 5.74) is 4.37. The molecule has 0 spiro atoms. The van der Waals surface area contributed by atoms with Crippen molar-refractivity contribution in [1.82, 2.24) is 5.32 Å². The molecule has 1 aliphatic rings. The number of fused-ring (bicyclic) bond motifs is 1. The molecule has 0 fully saturated rings. The molecule has 0 bridgehead atoms. The van der Waals surface area contributed by atoms with E-state index in [4.69, 9.17) is 0 Å². The highest BCUT2D eigenvalue weighted by Crippen LogP contribution is 2.32. The smallest absolute Gasteiger partial charge is 0.0323 e. The summed E-state index contributed by atoms with van der Waals surface area (Å²) in [6.07, 6.45) is 3.63. The van der Waals surface area contributed by atoms with E-state index >= 15 is 0 Å². The Hall–Kier alpha value is -0.340. The zero-order valence-electron chi connectivity index (χ0n) is 9.44. The van der Waals surface area contributed by atoms with Gasteiger partial charge in [0.1, 0.15) is 0 Å². The van der Waals surface area contributed by atoms with Crippen LogP contribution >= 0.6 is 15.9 Å². The fourth-order valence-corrected chi connectivity index (χ4v) is 3.19. The molecular weight excluding hydrogens is 250 g/mol. The van der Waals surface area contributed by atoms with Crippen LogP contribution in [0.2, 0.25) is 0 Å². The number of halogens is 1. The number of benzene rings is 1. The highest BCUT2D eigenvalue weighted by molar-refractivity contribution is 9.10. The Labute approximate surface area is 100 Å². The zero-order valence-corrected chi connectivity index (χ0v) is 11.0. The van der Waals surface area contributed by atoms with Crippen molar-refractivity contribution in [2.45, 2.75) is 39.2 Å². The van der Waals surface area contributed by atoms with E-state index in [1.165, 1.54) is 34.0 Å². The molecule has 1 nitrogen and oxygen atoms in total. The van der Waals surface area contributed by atoms with Gasteiger partial charge >= 0.3 is 0 Å². The molecule has 0 amide bonds. The molecule has 1 atom stereocenters. The van der Waals surface area contributed by atoms with E-state index in [0.717, 1.165) is 13.0 Å². The van der Waals surface area contributed by atoms with Crippen molar-refractivity contribution in [3.05, 3.63) is 33.3 Å². The SMILES string of the molecule is CCCC1NCCc2c(Br)cc(C)cc21. The second-order valence-electron chi connectivity index (χ2n) is 4.36. The van der Waals surface area contributed by atoms with Gasteiger partial charge < -0.3 is 5.32 Å². The van der Waals surface area contributed by atoms with E-state index in [9.17, 15) is 0 Å². The highest BCUT2D eigenvalue weighted by atomic mass is 79.9. The van der Waals surface area contributed by atoms with Crippen LogP contribution in [0, 0.1) is 6.92 Å². The Balaban J connectivity index is 2.41. The predicted octanol–water partition coefficient (Wildman–Crippen LogP) is 3.74. The van der Waals surface area contributed by atoms with Crippen molar-refractivity contribution < 1.29 is 0 Å². The van der Waals surface area contributed by atoms with Crippen LogP contribution in [0.25, 0.3) is 0 Å². The van der Waals surface area contributed by atoms with Crippen LogP contribution in [0.4, 0.5) is 0 Å². The summed E-state index contributed by atoms with van der Waals surface area (Å²) < 4.78 is 1.29. The quantitative estimate of drug-likeness (QED) is 0.861. The highest BCUT2D eigenvalue weighted by Gasteiger charge is 2.20. The molecule has 1 unspecified atom stereocenters. The third kappa shape index (κ3) is 2.26. The number of hydrogen-bond donors (Lipinski definition) is 1. The molecule has 1 N–H and O–H groups in total. The summed E-state index contributed by atoms with van der Waals surface area (Å²) >= 11 is 3.68. The van der Waals surface area contributed by atoms with E-state index in [1.54, 1.807) is 0 Å². The van der Waals surface area contributed by atoms with Gasteiger partial charge in [0.05, 0.1) is 0 Å². The minimum absolute atomic E-state index is 0.565. The summed E-state index contributed by atoms with van der Waals surface area (Å²) in [4.78, 5) is 0. The Kier molecular flexibility index (Phi) is 3.47. The van der Waals surface area contributed by atoms with Crippen molar-refractivity contribution >= 4 is 15.9 Å². The normalized spacial score (nSPS) is 20.1. The summed E-state index contributed by atoms with van der Waals surface area (Å²) in [5, 5.41) is 3.61. The monoisotopic (exact) mass is 267 g/mol. The van der Waals surface area contributed by atoms with Gasteiger partial charge in [-0.3, -0.25) is 0 Å². The average Bonchev–Trinajstić information content (AvgIpc) is 2.19. The molecule has 0 aliphatic carbocycles. The van der Waals surface area contributed by atoms with Crippen LogP contribution in [0.5, 0.6) is 0 Å². The van der Waals surface area contributed by atoms with Crippen LogP contribution < -0.4 is 5.32 Å². The first-order valence-corrected chi connectivity index (χ1v) is 6.54. The molecule has 2 heteroatoms. The average molecular weight is 268 g/mol. The van der Waals surface area contributed by atoms with Crippen molar-refractivity contribution in [3.8, 4) is 0 Å². The molecule has 1 aromatic rings. The molecule has 0 saturated heterocycles. The topological polar surface area (TPSA) is 12.0 Å². The van der Waals surface area contributed by atoms with E-state index in [1.807, 2.05) is 0 Å². The lowest BCUT2D eigenvalue weighted by Gasteiger charge is -2.28. The lowest BCUT2D eigenvalue weighted by Crippen LogP contribution is -2.30. The minimum Gasteiger partial charge on any atom is -0.310 e. The number of aryl methyl sites for hydroxylation is 1. The van der Waals surface area contributed by atoms with E-state index in [0.29, 0.717) is 6.04 Å². The zero-order chi connectivity index (χ0) is 10.8. The van der Waals surface area contributed by atoms with E-state index < -0.39 is 0 Å². The van der Waals surface area contributed by atoms with Gasteiger partial charge in [-0.1, -0.05) is 35.3 Å². The van der Waals surface area contributed by atoms with Gasteiger partial charge in [0, 0.05) is 10.5 Å². The largest absolute Gasteiger partial charge is 0.310 e. The fourth-order valence-electron chi connectivity index (χ4n) is 2.40. The minimum atomic E-state index is 0.565. The molecule has 15 heavy (non-hydrogen) atoms. The number of hydrogen-bond acceptors (Lipinski definition) is 1. The summed E-state index contributed by atoms with van der Waals surface area (Å²) in [6.45, 7) is 5.53. The summed E-state index contributed by atoms with van der Waals surface area (Å²) in [7, 11) is 0. The third-order valence-corrected chi connectivity index (χ3v) is 3.80. The Morgan fingerprint density at radius 2 is 2.27 bits per heavy atom. The first kappa shape index (κ1) is 11.2. The first-order chi connectivity index (χ1) is 7.22. The van der Waals surface area contributed by atoms with Crippen LogP contribution in [0.1, 0.15) is 42.5 Å². The Morgan fingerprint density at radius 1 is 1.47 bits per heavy atom. The van der Waals surface area contributed by atoms with Crippen LogP contribution in [0.15, 0.2) is 16.6 Å². The number of nitrogens with one attached hydrogen (secondary N) is 1. The van der Waals surface area contributed by atoms with Crippen molar-refractivity contribution in [3.63, 3.8) is 0 Å². The standard InChI is InChI=1S/C13H18BrN/c1-3-4-13-11-7-9(2)8-12(14)10(11)5-6-15-13/h7-8,13,15H,3-6H2,1-2H3. The maximum absolute atomic E-state index is 3.68. The summed E-state index contributed by atoms with van der Waals surface area (Å²) in [6, 6.07) is 5.13. The van der Waals surface area contributed by atoms with Crippen LogP contribution in [-0.2, 0) is 6.42 Å². The molecule has 0 aromatic heterocycles. The van der Waals surface area contributed by atoms with Crippen molar-refractivity contribution in [1.29, 1.82) is 0 Å². The lowest BCUT2D eigenvalue weighted by molar-refractivity contribution is 0.470. The third-order valence-electron chi connectivity index (χ3n) is 3.09. The molecule has 0 saturated carbocycles.